The fourth-order valence-electron chi connectivity index (χ4n) is 1.85. The van der Waals surface area contributed by atoms with Gasteiger partial charge in [-0.2, -0.15) is 0 Å². The highest BCUT2D eigenvalue weighted by Crippen LogP contribution is 2.12. The Hall–Kier alpha value is -0.530. The number of amidine groups is 1. The molecular weight excluding hydrogens is 196 g/mol. The van der Waals surface area contributed by atoms with Crippen LogP contribution in [0, 0.1) is 5.92 Å². The zero-order chi connectivity index (χ0) is 13.3. The van der Waals surface area contributed by atoms with E-state index in [0.29, 0.717) is 18.0 Å². The van der Waals surface area contributed by atoms with Crippen LogP contribution in [0.3, 0.4) is 0 Å². The van der Waals surface area contributed by atoms with Gasteiger partial charge in [-0.1, -0.05) is 27.7 Å². The lowest BCUT2D eigenvalue weighted by molar-refractivity contribution is 0.279. The molecule has 2 nitrogen and oxygen atoms in total. The fraction of sp³-hybridized carbons (Fsp3) is 0.929. The molecule has 0 amide bonds. The van der Waals surface area contributed by atoms with Gasteiger partial charge in [-0.15, -0.1) is 0 Å². The van der Waals surface area contributed by atoms with Crippen molar-refractivity contribution in [3.8, 4) is 0 Å². The van der Waals surface area contributed by atoms with Crippen molar-refractivity contribution in [1.29, 1.82) is 0 Å². The Balaban J connectivity index is 0. The highest BCUT2D eigenvalue weighted by Gasteiger charge is 2.19. The molecule has 0 bridgehead atoms. The van der Waals surface area contributed by atoms with E-state index in [1.54, 1.807) is 0 Å². The molecule has 0 saturated carbocycles. The summed E-state index contributed by atoms with van der Waals surface area (Å²) in [6.45, 7) is 20.3. The standard InChI is InChI=1S/C12H26N2.C2H6/c1-8-13-12(9(2)3)14(10(4)5)11(6)7;1-2/h9-11H,8H2,1-7H3;1-2H3. The first-order valence-electron chi connectivity index (χ1n) is 6.74. The predicted octanol–water partition coefficient (Wildman–Crippen LogP) is 4.21. The summed E-state index contributed by atoms with van der Waals surface area (Å²) in [6, 6.07) is 1.06. The second kappa shape index (κ2) is 9.68. The smallest absolute Gasteiger partial charge is 0.102 e. The van der Waals surface area contributed by atoms with Crippen LogP contribution in [0.15, 0.2) is 4.99 Å². The van der Waals surface area contributed by atoms with Crippen LogP contribution in [-0.4, -0.2) is 29.4 Å². The topological polar surface area (TPSA) is 15.6 Å². The fourth-order valence-corrected chi connectivity index (χ4v) is 1.85. The summed E-state index contributed by atoms with van der Waals surface area (Å²) in [5.74, 6) is 1.76. The molecule has 0 fully saturated rings. The maximum absolute atomic E-state index is 4.61. The first kappa shape index (κ1) is 17.9. The quantitative estimate of drug-likeness (QED) is 0.520. The molecule has 98 valence electrons. The lowest BCUT2D eigenvalue weighted by Gasteiger charge is -2.35. The van der Waals surface area contributed by atoms with E-state index in [9.17, 15) is 0 Å². The Bertz CT molecular complexity index is 173. The van der Waals surface area contributed by atoms with Gasteiger partial charge < -0.3 is 4.90 Å². The molecule has 0 N–H and O–H groups in total. The van der Waals surface area contributed by atoms with Gasteiger partial charge in [0.2, 0.25) is 0 Å². The summed E-state index contributed by atoms with van der Waals surface area (Å²) >= 11 is 0. The summed E-state index contributed by atoms with van der Waals surface area (Å²) in [5, 5.41) is 0. The zero-order valence-corrected chi connectivity index (χ0v) is 12.8. The Morgan fingerprint density at radius 3 is 1.50 bits per heavy atom. The molecule has 0 aromatic rings. The molecule has 16 heavy (non-hydrogen) atoms. The first-order chi connectivity index (χ1) is 7.41. The van der Waals surface area contributed by atoms with Crippen LogP contribution in [0.4, 0.5) is 0 Å². The summed E-state index contributed by atoms with van der Waals surface area (Å²) < 4.78 is 0. The van der Waals surface area contributed by atoms with Crippen LogP contribution in [0.2, 0.25) is 0 Å². The summed E-state index contributed by atoms with van der Waals surface area (Å²) in [5.41, 5.74) is 0. The zero-order valence-electron chi connectivity index (χ0n) is 12.8. The SMILES string of the molecule is CC.CCN=C(C(C)C)N(C(C)C)C(C)C. The normalized spacial score (nSPS) is 11.9. The van der Waals surface area contributed by atoms with E-state index < -0.39 is 0 Å². The minimum absolute atomic E-state index is 0.514. The average Bonchev–Trinajstić information content (AvgIpc) is 2.18. The van der Waals surface area contributed by atoms with Crippen LogP contribution in [0.1, 0.15) is 62.3 Å². The second-order valence-electron chi connectivity index (χ2n) is 4.58. The van der Waals surface area contributed by atoms with Crippen molar-refractivity contribution in [3.63, 3.8) is 0 Å². The molecule has 0 unspecified atom stereocenters. The summed E-state index contributed by atoms with van der Waals surface area (Å²) in [7, 11) is 0. The second-order valence-corrected chi connectivity index (χ2v) is 4.58. The third-order valence-electron chi connectivity index (χ3n) is 2.21. The molecule has 0 atom stereocenters. The van der Waals surface area contributed by atoms with Crippen LogP contribution >= 0.6 is 0 Å². The van der Waals surface area contributed by atoms with Crippen molar-refractivity contribution in [2.75, 3.05) is 6.54 Å². The minimum Gasteiger partial charge on any atom is -0.355 e. The highest BCUT2D eigenvalue weighted by molar-refractivity contribution is 5.84. The lowest BCUT2D eigenvalue weighted by Crippen LogP contribution is -2.44. The monoisotopic (exact) mass is 228 g/mol. The van der Waals surface area contributed by atoms with Crippen LogP contribution in [0.25, 0.3) is 0 Å². The number of aliphatic imine (C=N–C) groups is 1. The molecule has 0 aliphatic carbocycles. The summed E-state index contributed by atoms with van der Waals surface area (Å²) in [4.78, 5) is 7.02. The van der Waals surface area contributed by atoms with Gasteiger partial charge in [0, 0.05) is 24.5 Å². The molecule has 0 aliphatic rings. The maximum atomic E-state index is 4.61. The molecule has 0 heterocycles. The van der Waals surface area contributed by atoms with E-state index in [1.807, 2.05) is 13.8 Å². The molecule has 0 saturated heterocycles. The van der Waals surface area contributed by atoms with Gasteiger partial charge in [0.05, 0.1) is 0 Å². The minimum atomic E-state index is 0.514. The molecular formula is C14H32N2. The lowest BCUT2D eigenvalue weighted by atomic mass is 10.1. The summed E-state index contributed by atoms with van der Waals surface area (Å²) in [6.07, 6.45) is 0. The van der Waals surface area contributed by atoms with Crippen molar-refractivity contribution in [1.82, 2.24) is 4.90 Å². The van der Waals surface area contributed by atoms with Crippen LogP contribution < -0.4 is 0 Å². The molecule has 0 aliphatic heterocycles. The van der Waals surface area contributed by atoms with E-state index in [-0.39, 0.29) is 0 Å². The van der Waals surface area contributed by atoms with Crippen LogP contribution in [0.5, 0.6) is 0 Å². The first-order valence-corrected chi connectivity index (χ1v) is 6.74. The van der Waals surface area contributed by atoms with Crippen molar-refractivity contribution >= 4 is 5.84 Å². The molecule has 0 aromatic heterocycles. The van der Waals surface area contributed by atoms with Crippen LogP contribution in [-0.2, 0) is 0 Å². The van der Waals surface area contributed by atoms with Crippen molar-refractivity contribution < 1.29 is 0 Å². The Kier molecular flexibility index (Phi) is 10.8. The molecule has 0 spiro atoms. The molecule has 0 aromatic carbocycles. The van der Waals surface area contributed by atoms with Crippen molar-refractivity contribution in [2.24, 2.45) is 10.9 Å². The molecule has 0 radical (unpaired) electrons. The highest BCUT2D eigenvalue weighted by atomic mass is 15.2. The Labute approximate surface area is 103 Å². The van der Waals surface area contributed by atoms with Gasteiger partial charge in [0.25, 0.3) is 0 Å². The number of hydrogen-bond donors (Lipinski definition) is 0. The maximum Gasteiger partial charge on any atom is 0.102 e. The number of hydrogen-bond acceptors (Lipinski definition) is 1. The Morgan fingerprint density at radius 1 is 0.938 bits per heavy atom. The third kappa shape index (κ3) is 6.14. The molecule has 2 heteroatoms. The van der Waals surface area contributed by atoms with Crippen molar-refractivity contribution in [3.05, 3.63) is 0 Å². The van der Waals surface area contributed by atoms with Gasteiger partial charge in [0.1, 0.15) is 5.84 Å². The third-order valence-corrected chi connectivity index (χ3v) is 2.21. The molecule has 0 rings (SSSR count). The van der Waals surface area contributed by atoms with E-state index in [1.165, 1.54) is 5.84 Å². The van der Waals surface area contributed by atoms with Gasteiger partial charge in [-0.25, -0.2) is 0 Å². The van der Waals surface area contributed by atoms with E-state index >= 15 is 0 Å². The predicted molar refractivity (Wildman–Crippen MR) is 76.3 cm³/mol. The average molecular weight is 228 g/mol. The largest absolute Gasteiger partial charge is 0.355 e. The van der Waals surface area contributed by atoms with E-state index in [4.69, 9.17) is 0 Å². The van der Waals surface area contributed by atoms with Gasteiger partial charge >= 0.3 is 0 Å². The van der Waals surface area contributed by atoms with E-state index in [0.717, 1.165) is 6.54 Å². The van der Waals surface area contributed by atoms with E-state index in [2.05, 4.69) is 58.4 Å². The van der Waals surface area contributed by atoms with Crippen molar-refractivity contribution in [2.45, 2.75) is 74.4 Å². The number of nitrogens with zero attached hydrogens (tertiary/aromatic N) is 2. The van der Waals surface area contributed by atoms with Gasteiger partial charge in [-0.3, -0.25) is 4.99 Å². The van der Waals surface area contributed by atoms with Gasteiger partial charge in [0.15, 0.2) is 0 Å². The van der Waals surface area contributed by atoms with Gasteiger partial charge in [-0.05, 0) is 34.6 Å². The number of rotatable bonds is 4. The Morgan fingerprint density at radius 2 is 1.31 bits per heavy atom.